The van der Waals surface area contributed by atoms with Gasteiger partial charge in [-0.1, -0.05) is 24.3 Å². The maximum Gasteiger partial charge on any atom is 0.325 e. The quantitative estimate of drug-likeness (QED) is 0.409. The monoisotopic (exact) mass is 439 g/mol. The van der Waals surface area contributed by atoms with Gasteiger partial charge in [0.15, 0.2) is 0 Å². The summed E-state index contributed by atoms with van der Waals surface area (Å²) in [7, 11) is 0. The van der Waals surface area contributed by atoms with Crippen LogP contribution < -0.4 is 10.7 Å². The largest absolute Gasteiger partial charge is 0.480 e. The molecule has 4 rings (SSSR count). The Bertz CT molecular complexity index is 918. The predicted molar refractivity (Wildman–Crippen MR) is 123 cm³/mol. The summed E-state index contributed by atoms with van der Waals surface area (Å²) >= 11 is 0. The molecule has 2 heterocycles. The second-order valence-corrected chi connectivity index (χ2v) is 8.45. The molecule has 1 atom stereocenters. The normalized spacial score (nSPS) is 20.0. The molecule has 1 unspecified atom stereocenters. The highest BCUT2D eigenvalue weighted by molar-refractivity contribution is 5.80. The summed E-state index contributed by atoms with van der Waals surface area (Å²) < 4.78 is 13.3. The van der Waals surface area contributed by atoms with E-state index in [2.05, 4.69) is 27.0 Å². The third-order valence-electron chi connectivity index (χ3n) is 6.60. The van der Waals surface area contributed by atoms with Crippen molar-refractivity contribution in [3.05, 3.63) is 65.5 Å². The number of likely N-dealkylation sites (tertiary alicyclic amines) is 1. The fourth-order valence-corrected chi connectivity index (χ4v) is 4.87. The molecule has 2 aliphatic heterocycles. The number of rotatable bonds is 6. The van der Waals surface area contributed by atoms with Crippen LogP contribution in [0.4, 0.5) is 10.1 Å². The first kappa shape index (κ1) is 22.2. The zero-order valence-electron chi connectivity index (χ0n) is 18.1. The van der Waals surface area contributed by atoms with Crippen molar-refractivity contribution in [2.75, 3.05) is 44.2 Å². The number of aliphatic carboxylic acids is 1. The molecule has 0 aromatic heterocycles. The number of anilines is 1. The van der Waals surface area contributed by atoms with Gasteiger partial charge in [0.05, 0.1) is 6.21 Å². The predicted octanol–water partition coefficient (Wildman–Crippen LogP) is 2.53. The molecule has 7 nitrogen and oxygen atoms in total. The van der Waals surface area contributed by atoms with Crippen molar-refractivity contribution in [1.29, 1.82) is 0 Å². The minimum Gasteiger partial charge on any atom is -0.480 e. The van der Waals surface area contributed by atoms with E-state index in [9.17, 15) is 14.3 Å². The van der Waals surface area contributed by atoms with E-state index in [4.69, 9.17) is 5.84 Å². The molecular weight excluding hydrogens is 409 g/mol. The molecule has 0 bridgehead atoms. The average Bonchev–Trinajstić information content (AvgIpc) is 2.82. The van der Waals surface area contributed by atoms with E-state index in [0.29, 0.717) is 11.6 Å². The van der Waals surface area contributed by atoms with Crippen molar-refractivity contribution in [1.82, 2.24) is 9.80 Å². The number of carboxylic acid groups (broad SMARTS) is 1. The molecule has 2 aliphatic rings. The van der Waals surface area contributed by atoms with Crippen LogP contribution in [0, 0.1) is 5.82 Å². The van der Waals surface area contributed by atoms with Crippen LogP contribution in [-0.4, -0.2) is 72.4 Å². The molecule has 0 aliphatic carbocycles. The Morgan fingerprint density at radius 1 is 1.00 bits per heavy atom. The Morgan fingerprint density at radius 3 is 2.19 bits per heavy atom. The van der Waals surface area contributed by atoms with Crippen LogP contribution in [0.5, 0.6) is 0 Å². The van der Waals surface area contributed by atoms with Gasteiger partial charge in [-0.25, -0.2) is 4.39 Å². The second kappa shape index (κ2) is 10.1. The number of nitrogens with zero attached hydrogens (tertiary/aromatic N) is 4. The van der Waals surface area contributed by atoms with Crippen molar-refractivity contribution >= 4 is 17.9 Å². The topological polar surface area (TPSA) is 85.4 Å². The highest BCUT2D eigenvalue weighted by Crippen LogP contribution is 2.28. The molecule has 8 heteroatoms. The van der Waals surface area contributed by atoms with Crippen LogP contribution in [0.3, 0.4) is 0 Å². The lowest BCUT2D eigenvalue weighted by Gasteiger charge is -2.44. The van der Waals surface area contributed by atoms with Crippen molar-refractivity contribution in [2.45, 2.75) is 24.9 Å². The van der Waals surface area contributed by atoms with Gasteiger partial charge < -0.3 is 15.8 Å². The van der Waals surface area contributed by atoms with Crippen LogP contribution in [0.2, 0.25) is 0 Å². The lowest BCUT2D eigenvalue weighted by atomic mass is 9.97. The fourth-order valence-electron chi connectivity index (χ4n) is 4.87. The number of carbonyl (C=O) groups is 1. The van der Waals surface area contributed by atoms with Gasteiger partial charge in [0, 0.05) is 51.0 Å². The van der Waals surface area contributed by atoms with Crippen LogP contribution >= 0.6 is 0 Å². The van der Waals surface area contributed by atoms with Crippen molar-refractivity contribution < 1.29 is 14.3 Å². The number of benzene rings is 2. The summed E-state index contributed by atoms with van der Waals surface area (Å²) in [5.41, 5.74) is 2.83. The van der Waals surface area contributed by atoms with E-state index in [1.54, 1.807) is 18.3 Å². The molecule has 2 aromatic rings. The number of halogens is 1. The van der Waals surface area contributed by atoms with Crippen molar-refractivity contribution in [3.8, 4) is 0 Å². The maximum atomic E-state index is 13.3. The van der Waals surface area contributed by atoms with Gasteiger partial charge in [-0.05, 0) is 48.2 Å². The van der Waals surface area contributed by atoms with Gasteiger partial charge in [-0.15, -0.1) is 0 Å². The highest BCUT2D eigenvalue weighted by atomic mass is 19.1. The summed E-state index contributed by atoms with van der Waals surface area (Å²) in [6.07, 6.45) is 3.52. The summed E-state index contributed by atoms with van der Waals surface area (Å²) in [6, 6.07) is 13.8. The minimum absolute atomic E-state index is 0.351. The van der Waals surface area contributed by atoms with Gasteiger partial charge in [-0.3, -0.25) is 14.6 Å². The summed E-state index contributed by atoms with van der Waals surface area (Å²) in [5.74, 6) is 3.98. The number of hydrogen-bond acceptors (Lipinski definition) is 6. The number of hydrogen-bond donors (Lipinski definition) is 2. The first-order valence-corrected chi connectivity index (χ1v) is 11.1. The SMILES string of the molecule is NN=Cc1ccc(N2CCN(C3CCN(C(C(=O)O)c4ccc(F)cc4)CC3)CC2)cc1. The minimum atomic E-state index is -0.882. The molecule has 0 radical (unpaired) electrons. The maximum absolute atomic E-state index is 13.3. The van der Waals surface area contributed by atoms with Crippen LogP contribution in [0.25, 0.3) is 0 Å². The Morgan fingerprint density at radius 2 is 1.62 bits per heavy atom. The van der Waals surface area contributed by atoms with Gasteiger partial charge in [0.1, 0.15) is 11.9 Å². The summed E-state index contributed by atoms with van der Waals surface area (Å²) in [5, 5.41) is 13.3. The highest BCUT2D eigenvalue weighted by Gasteiger charge is 2.33. The zero-order chi connectivity index (χ0) is 22.5. The van der Waals surface area contributed by atoms with E-state index in [1.165, 1.54) is 17.8 Å². The number of piperazine rings is 1. The lowest BCUT2D eigenvalue weighted by molar-refractivity contribution is -0.144. The lowest BCUT2D eigenvalue weighted by Crippen LogP contribution is -2.54. The van der Waals surface area contributed by atoms with Crippen LogP contribution in [0.15, 0.2) is 53.6 Å². The first-order chi connectivity index (χ1) is 15.5. The molecule has 3 N–H and O–H groups in total. The van der Waals surface area contributed by atoms with Crippen LogP contribution in [0.1, 0.15) is 30.0 Å². The van der Waals surface area contributed by atoms with Gasteiger partial charge in [0.25, 0.3) is 0 Å². The standard InChI is InChI=1S/C24H30FN5O2/c25-20-5-3-19(4-6-20)23(24(31)32)30-11-9-22(10-12-30)29-15-13-28(14-16-29)21-7-1-18(2-8-21)17-27-26/h1-8,17,22-23H,9-16,26H2,(H,31,32). The molecule has 2 aromatic carbocycles. The summed E-state index contributed by atoms with van der Waals surface area (Å²) in [4.78, 5) is 18.9. The zero-order valence-corrected chi connectivity index (χ0v) is 18.1. The Kier molecular flexibility index (Phi) is 7.02. The molecular formula is C24H30FN5O2. The molecule has 0 amide bonds. The average molecular weight is 440 g/mol. The molecule has 32 heavy (non-hydrogen) atoms. The molecule has 170 valence electrons. The van der Waals surface area contributed by atoms with Gasteiger partial charge in [-0.2, -0.15) is 5.10 Å². The number of nitrogens with two attached hydrogens (primary N) is 1. The van der Waals surface area contributed by atoms with Gasteiger partial charge >= 0.3 is 5.97 Å². The molecule has 0 saturated carbocycles. The first-order valence-electron chi connectivity index (χ1n) is 11.1. The smallest absolute Gasteiger partial charge is 0.325 e. The third-order valence-corrected chi connectivity index (χ3v) is 6.60. The van der Waals surface area contributed by atoms with E-state index >= 15 is 0 Å². The second-order valence-electron chi connectivity index (χ2n) is 8.45. The Hall–Kier alpha value is -2.97. The molecule has 2 fully saturated rings. The Balaban J connectivity index is 1.30. The van der Waals surface area contributed by atoms with E-state index in [1.807, 2.05) is 17.0 Å². The fraction of sp³-hybridized carbons (Fsp3) is 0.417. The van der Waals surface area contributed by atoms with E-state index in [-0.39, 0.29) is 5.82 Å². The van der Waals surface area contributed by atoms with Crippen molar-refractivity contribution in [2.24, 2.45) is 10.9 Å². The van der Waals surface area contributed by atoms with Crippen molar-refractivity contribution in [3.63, 3.8) is 0 Å². The number of piperidine rings is 1. The number of hydrazone groups is 1. The molecule has 0 spiro atoms. The molecule has 2 saturated heterocycles. The summed E-state index contributed by atoms with van der Waals surface area (Å²) in [6.45, 7) is 5.39. The number of carboxylic acids is 1. The van der Waals surface area contributed by atoms with E-state index in [0.717, 1.165) is 57.7 Å². The van der Waals surface area contributed by atoms with Crippen LogP contribution in [-0.2, 0) is 4.79 Å². The Labute approximate surface area is 187 Å². The van der Waals surface area contributed by atoms with E-state index < -0.39 is 12.0 Å². The van der Waals surface area contributed by atoms with Gasteiger partial charge in [0.2, 0.25) is 0 Å². The third kappa shape index (κ3) is 5.08.